The van der Waals surface area contributed by atoms with E-state index in [4.69, 9.17) is 24.0 Å². The van der Waals surface area contributed by atoms with Gasteiger partial charge in [0.25, 0.3) is 0 Å². The maximum absolute atomic E-state index is 8.89. The van der Waals surface area contributed by atoms with Crippen LogP contribution < -0.4 is 10.2 Å². The first kappa shape index (κ1) is 16.2. The molecule has 0 bridgehead atoms. The van der Waals surface area contributed by atoms with Crippen LogP contribution in [-0.4, -0.2) is 16.1 Å². The Morgan fingerprint density at radius 2 is 1.10 bits per heavy atom. The predicted molar refractivity (Wildman–Crippen MR) is 23.6 cm³/mol. The van der Waals surface area contributed by atoms with Crippen molar-refractivity contribution in [2.24, 2.45) is 0 Å². The van der Waals surface area contributed by atoms with Crippen LogP contribution in [0.5, 0.6) is 0 Å². The molecule has 1 N–H and O–H groups in total. The first-order chi connectivity index (χ1) is 4.46. The summed E-state index contributed by atoms with van der Waals surface area (Å²) in [7, 11) is 0. The van der Waals surface area contributed by atoms with Crippen LogP contribution in [0.15, 0.2) is 0 Å². The molecule has 10 heavy (non-hydrogen) atoms. The van der Waals surface area contributed by atoms with Crippen LogP contribution in [-0.2, 0) is 26.2 Å². The number of carbonyl (C=O) groups is 2. The molecule has 0 aliphatic rings. The fourth-order valence-corrected chi connectivity index (χ4v) is 0. The van der Waals surface area contributed by atoms with E-state index in [0.717, 1.165) is 13.8 Å². The van der Waals surface area contributed by atoms with E-state index >= 15 is 0 Å². The number of aliphatic carboxylic acids is 2. The van der Waals surface area contributed by atoms with Gasteiger partial charge in [0.2, 0.25) is 0 Å². The zero-order valence-electron chi connectivity index (χ0n) is 5.49. The Bertz CT molecular complexity index is 71.6. The Labute approximate surface area is 67.1 Å². The molecule has 0 rings (SSSR count). The van der Waals surface area contributed by atoms with Gasteiger partial charge < -0.3 is 19.8 Å². The van der Waals surface area contributed by atoms with Gasteiger partial charge in [0.15, 0.2) is 0 Å². The number of carboxylic acids is 2. The molecule has 59 valence electrons. The minimum atomic E-state index is -1.08. The Kier molecular flexibility index (Phi) is 25.6. The predicted octanol–water partition coefficient (Wildman–Crippen LogP) is -3.05. The van der Waals surface area contributed by atoms with Crippen molar-refractivity contribution in [1.29, 1.82) is 0 Å². The van der Waals surface area contributed by atoms with Crippen molar-refractivity contribution in [3.63, 3.8) is 0 Å². The maximum atomic E-state index is 8.89. The molecular weight excluding hydrogens is 180 g/mol. The molecule has 0 radical (unpaired) electrons. The molecule has 0 saturated heterocycles. The Morgan fingerprint density at radius 3 is 1.10 bits per heavy atom. The Morgan fingerprint density at radius 1 is 1.10 bits per heavy atom. The van der Waals surface area contributed by atoms with E-state index in [0.29, 0.717) is 0 Å². The summed E-state index contributed by atoms with van der Waals surface area (Å²) in [5.41, 5.74) is 0. The summed E-state index contributed by atoms with van der Waals surface area (Å²) in [6, 6.07) is 0. The van der Waals surface area contributed by atoms with Gasteiger partial charge in [0.05, 0.1) is 0 Å². The molecule has 0 aromatic rings. The van der Waals surface area contributed by atoms with Gasteiger partial charge in [-0.1, -0.05) is 0 Å². The first-order valence-electron chi connectivity index (χ1n) is 2.00. The molecule has 0 heterocycles. The molecule has 0 aromatic heterocycles. The average molecular weight is 187 g/mol. The van der Waals surface area contributed by atoms with E-state index in [2.05, 4.69) is 0 Å². The summed E-state index contributed by atoms with van der Waals surface area (Å²) >= 11 is 1.62. The summed E-state index contributed by atoms with van der Waals surface area (Å²) in [5, 5.41) is 17.8. The number of carboxylic acid groups (broad SMARTS) is 2. The monoisotopic (exact) mass is 187 g/mol. The van der Waals surface area contributed by atoms with Crippen molar-refractivity contribution in [3.05, 3.63) is 0 Å². The van der Waals surface area contributed by atoms with Gasteiger partial charge in [-0.15, -0.1) is 0 Å². The molecule has 0 amide bonds. The second-order valence-electron chi connectivity index (χ2n) is 0.983. The van der Waals surface area contributed by atoms with Crippen LogP contribution in [0.4, 0.5) is 0 Å². The van der Waals surface area contributed by atoms with Crippen molar-refractivity contribution < 1.29 is 40.6 Å². The molecule has 0 atom stereocenters. The van der Waals surface area contributed by atoms with E-state index in [1.54, 1.807) is 16.6 Å². The molecule has 5 nitrogen and oxygen atoms in total. The van der Waals surface area contributed by atoms with E-state index in [1.165, 1.54) is 0 Å². The molecule has 6 heteroatoms. The summed E-state index contributed by atoms with van der Waals surface area (Å²) in [4.78, 5) is 17.8. The minimum absolute atomic E-state index is 0.972. The molecule has 0 aromatic carbocycles. The summed E-state index contributed by atoms with van der Waals surface area (Å²) < 4.78 is 6.88. The number of rotatable bonds is 0. The molecular formula is C4H7CrO5. The normalized spacial score (nSPS) is 5.40. The Balaban J connectivity index is -0.0000000787. The fourth-order valence-electron chi connectivity index (χ4n) is 0. The van der Waals surface area contributed by atoms with Crippen molar-refractivity contribution in [2.45, 2.75) is 13.8 Å². The first-order valence-corrected chi connectivity index (χ1v) is 2.57. The second-order valence-corrected chi connectivity index (χ2v) is 0.983. The van der Waals surface area contributed by atoms with E-state index < -0.39 is 11.9 Å². The molecule has 0 aliphatic heterocycles. The molecule has 0 saturated carbocycles. The number of hydrogen-bond donors (Lipinski definition) is 1. The van der Waals surface area contributed by atoms with Gasteiger partial charge in [-0.05, 0) is 13.8 Å². The number of carbonyl (C=O) groups excluding carboxylic acids is 2. The third kappa shape index (κ3) is 955. The van der Waals surface area contributed by atoms with Crippen molar-refractivity contribution >= 4 is 11.9 Å². The van der Waals surface area contributed by atoms with E-state index in [-0.39, 0.29) is 0 Å². The van der Waals surface area contributed by atoms with Crippen molar-refractivity contribution in [2.75, 3.05) is 0 Å². The molecule has 0 spiro atoms. The van der Waals surface area contributed by atoms with Gasteiger partial charge in [0.1, 0.15) is 0 Å². The van der Waals surface area contributed by atoms with Gasteiger partial charge in [0, 0.05) is 11.9 Å². The van der Waals surface area contributed by atoms with Gasteiger partial charge >= 0.3 is 20.8 Å². The summed E-state index contributed by atoms with van der Waals surface area (Å²) in [6.45, 7) is 1.94. The van der Waals surface area contributed by atoms with Crippen LogP contribution >= 0.6 is 0 Å². The van der Waals surface area contributed by atoms with E-state index in [9.17, 15) is 0 Å². The zero-order chi connectivity index (χ0) is 9.15. The average Bonchev–Trinajstić information content (AvgIpc) is 1.66. The van der Waals surface area contributed by atoms with Gasteiger partial charge in [-0.3, -0.25) is 0 Å². The van der Waals surface area contributed by atoms with Crippen LogP contribution in [0.3, 0.4) is 0 Å². The van der Waals surface area contributed by atoms with Crippen molar-refractivity contribution in [1.82, 2.24) is 0 Å². The molecule has 0 aliphatic carbocycles. The standard InChI is InChI=1S/2C2H4O2.Cr.H2O/c2*1-2(3)4;;/h2*1H3,(H,3,4);;1H2/q;;+3;/p-3. The van der Waals surface area contributed by atoms with Crippen LogP contribution in [0, 0.1) is 0 Å². The SMILES string of the molecule is CC(=O)[O-].CC(=O)[O-].[OH][Cr+2]. The Hall–Kier alpha value is -0.568. The fraction of sp³-hybridized carbons (Fsp3) is 0.500. The van der Waals surface area contributed by atoms with Gasteiger partial charge in [-0.25, -0.2) is 0 Å². The van der Waals surface area contributed by atoms with Crippen LogP contribution in [0.2, 0.25) is 0 Å². The quantitative estimate of drug-likeness (QED) is 0.434. The molecule has 0 unspecified atom stereocenters. The third-order valence-corrected chi connectivity index (χ3v) is 0. The topological polar surface area (TPSA) is 100 Å². The summed E-state index contributed by atoms with van der Waals surface area (Å²) in [6.07, 6.45) is 0. The summed E-state index contributed by atoms with van der Waals surface area (Å²) in [5.74, 6) is -2.17. The van der Waals surface area contributed by atoms with E-state index in [1.807, 2.05) is 0 Å². The van der Waals surface area contributed by atoms with Crippen LogP contribution in [0.1, 0.15) is 13.8 Å². The molecule has 0 fully saturated rings. The zero-order valence-corrected chi connectivity index (χ0v) is 6.76. The third-order valence-electron chi connectivity index (χ3n) is 0. The number of hydrogen-bond acceptors (Lipinski definition) is 5. The van der Waals surface area contributed by atoms with Crippen LogP contribution in [0.25, 0.3) is 0 Å². The van der Waals surface area contributed by atoms with Crippen molar-refractivity contribution in [3.8, 4) is 0 Å². The second kappa shape index (κ2) is 15.8. The van der Waals surface area contributed by atoms with Gasteiger partial charge in [-0.2, -0.15) is 0 Å².